The number of hydrogen-bond donors (Lipinski definition) is 2. The quantitative estimate of drug-likeness (QED) is 0.833. The Hall–Kier alpha value is -2.77. The highest BCUT2D eigenvalue weighted by atomic mass is 16.7. The highest BCUT2D eigenvalue weighted by Crippen LogP contribution is 2.32. The van der Waals surface area contributed by atoms with Gasteiger partial charge in [-0.15, -0.1) is 0 Å². The molecule has 0 amide bonds. The van der Waals surface area contributed by atoms with Crippen LogP contribution in [0.15, 0.2) is 18.2 Å². The SMILES string of the molecule is CN(CCc1ccc2c(c1)OCO2)c1nc(N)nc(N)n1. The number of fused-ring (bicyclic) bond motifs is 1. The molecule has 3 rings (SSSR count). The highest BCUT2D eigenvalue weighted by molar-refractivity contribution is 5.45. The Kier molecular flexibility index (Phi) is 3.35. The molecule has 0 unspecified atom stereocenters. The number of anilines is 3. The summed E-state index contributed by atoms with van der Waals surface area (Å²) in [5.41, 5.74) is 12.3. The smallest absolute Gasteiger partial charge is 0.231 e. The van der Waals surface area contributed by atoms with E-state index in [9.17, 15) is 0 Å². The van der Waals surface area contributed by atoms with Crippen LogP contribution < -0.4 is 25.8 Å². The predicted molar refractivity (Wildman–Crippen MR) is 78.2 cm³/mol. The van der Waals surface area contributed by atoms with Crippen molar-refractivity contribution in [3.05, 3.63) is 23.8 Å². The van der Waals surface area contributed by atoms with E-state index in [1.165, 1.54) is 0 Å². The molecule has 1 aromatic carbocycles. The van der Waals surface area contributed by atoms with Crippen molar-refractivity contribution in [2.75, 3.05) is 36.8 Å². The van der Waals surface area contributed by atoms with Crippen molar-refractivity contribution in [1.29, 1.82) is 0 Å². The Labute approximate surface area is 121 Å². The van der Waals surface area contributed by atoms with E-state index in [2.05, 4.69) is 15.0 Å². The van der Waals surface area contributed by atoms with Gasteiger partial charge < -0.3 is 25.8 Å². The van der Waals surface area contributed by atoms with Gasteiger partial charge in [0.05, 0.1) is 0 Å². The number of hydrogen-bond acceptors (Lipinski definition) is 8. The Morgan fingerprint density at radius 2 is 1.81 bits per heavy atom. The maximum atomic E-state index is 5.57. The van der Waals surface area contributed by atoms with Crippen molar-refractivity contribution in [1.82, 2.24) is 15.0 Å². The van der Waals surface area contributed by atoms with Gasteiger partial charge in [-0.25, -0.2) is 0 Å². The highest BCUT2D eigenvalue weighted by Gasteiger charge is 2.14. The molecule has 110 valence electrons. The number of ether oxygens (including phenoxy) is 2. The van der Waals surface area contributed by atoms with Crippen LogP contribution in [0, 0.1) is 0 Å². The summed E-state index contributed by atoms with van der Waals surface area (Å²) in [6, 6.07) is 5.90. The van der Waals surface area contributed by atoms with E-state index in [-0.39, 0.29) is 18.7 Å². The minimum Gasteiger partial charge on any atom is -0.454 e. The summed E-state index contributed by atoms with van der Waals surface area (Å²) in [7, 11) is 1.88. The number of aromatic nitrogens is 3. The van der Waals surface area contributed by atoms with Crippen molar-refractivity contribution in [3.63, 3.8) is 0 Å². The van der Waals surface area contributed by atoms with Gasteiger partial charge in [-0.2, -0.15) is 15.0 Å². The Bertz CT molecular complexity index is 643. The normalized spacial score (nSPS) is 12.4. The fourth-order valence-electron chi connectivity index (χ4n) is 2.06. The molecule has 2 aromatic rings. The van der Waals surface area contributed by atoms with E-state index >= 15 is 0 Å². The lowest BCUT2D eigenvalue weighted by Crippen LogP contribution is -2.23. The average molecular weight is 288 g/mol. The predicted octanol–water partition coefficient (Wildman–Crippen LogP) is 0.444. The van der Waals surface area contributed by atoms with Crippen LogP contribution in [0.1, 0.15) is 5.56 Å². The number of nitrogens with two attached hydrogens (primary N) is 2. The van der Waals surface area contributed by atoms with Crippen LogP contribution in [0.4, 0.5) is 17.8 Å². The molecule has 0 radical (unpaired) electrons. The fraction of sp³-hybridized carbons (Fsp3) is 0.308. The molecule has 0 bridgehead atoms. The second-order valence-electron chi connectivity index (χ2n) is 4.71. The van der Waals surface area contributed by atoms with Crippen LogP contribution in [0.2, 0.25) is 0 Å². The van der Waals surface area contributed by atoms with Crippen molar-refractivity contribution >= 4 is 17.8 Å². The van der Waals surface area contributed by atoms with Gasteiger partial charge in [-0.05, 0) is 24.1 Å². The summed E-state index contributed by atoms with van der Waals surface area (Å²) in [6.07, 6.45) is 0.804. The van der Waals surface area contributed by atoms with E-state index in [0.29, 0.717) is 12.5 Å². The molecule has 0 saturated carbocycles. The van der Waals surface area contributed by atoms with Gasteiger partial charge in [0.25, 0.3) is 0 Å². The lowest BCUT2D eigenvalue weighted by atomic mass is 10.1. The molecule has 1 aliphatic rings. The van der Waals surface area contributed by atoms with E-state index in [0.717, 1.165) is 23.5 Å². The first kappa shape index (κ1) is 13.2. The van der Waals surface area contributed by atoms with Gasteiger partial charge >= 0.3 is 0 Å². The monoisotopic (exact) mass is 288 g/mol. The topological polar surface area (TPSA) is 112 Å². The first-order chi connectivity index (χ1) is 10.1. The number of nitrogen functional groups attached to an aromatic ring is 2. The molecule has 4 N–H and O–H groups in total. The molecule has 0 spiro atoms. The number of rotatable bonds is 4. The Morgan fingerprint density at radius 1 is 1.10 bits per heavy atom. The first-order valence-corrected chi connectivity index (χ1v) is 6.48. The number of nitrogens with zero attached hydrogens (tertiary/aromatic N) is 4. The van der Waals surface area contributed by atoms with Gasteiger partial charge in [0.15, 0.2) is 11.5 Å². The molecule has 1 aliphatic heterocycles. The van der Waals surface area contributed by atoms with Crippen LogP contribution >= 0.6 is 0 Å². The van der Waals surface area contributed by atoms with Crippen LogP contribution in [0.5, 0.6) is 11.5 Å². The van der Waals surface area contributed by atoms with E-state index in [1.807, 2.05) is 30.1 Å². The van der Waals surface area contributed by atoms with Crippen LogP contribution in [0.3, 0.4) is 0 Å². The summed E-state index contributed by atoms with van der Waals surface area (Å²) in [5, 5.41) is 0. The third-order valence-electron chi connectivity index (χ3n) is 3.17. The third kappa shape index (κ3) is 2.88. The Balaban J connectivity index is 1.66. The van der Waals surface area contributed by atoms with Crippen molar-refractivity contribution in [3.8, 4) is 11.5 Å². The van der Waals surface area contributed by atoms with E-state index in [4.69, 9.17) is 20.9 Å². The second-order valence-corrected chi connectivity index (χ2v) is 4.71. The molecule has 8 nitrogen and oxygen atoms in total. The zero-order valence-electron chi connectivity index (χ0n) is 11.6. The number of benzene rings is 1. The van der Waals surface area contributed by atoms with Gasteiger partial charge in [-0.3, -0.25) is 0 Å². The molecule has 21 heavy (non-hydrogen) atoms. The maximum Gasteiger partial charge on any atom is 0.231 e. The maximum absolute atomic E-state index is 5.57. The Morgan fingerprint density at radius 3 is 2.57 bits per heavy atom. The summed E-state index contributed by atoms with van der Waals surface area (Å²) < 4.78 is 10.6. The van der Waals surface area contributed by atoms with Crippen LogP contribution in [0.25, 0.3) is 0 Å². The lowest BCUT2D eigenvalue weighted by molar-refractivity contribution is 0.174. The summed E-state index contributed by atoms with van der Waals surface area (Å²) in [4.78, 5) is 13.7. The minimum atomic E-state index is 0.118. The van der Waals surface area contributed by atoms with Crippen LogP contribution in [-0.4, -0.2) is 35.3 Å². The fourth-order valence-corrected chi connectivity index (χ4v) is 2.06. The first-order valence-electron chi connectivity index (χ1n) is 6.48. The molecular formula is C13H16N6O2. The molecule has 0 saturated heterocycles. The van der Waals surface area contributed by atoms with Gasteiger partial charge in [0.2, 0.25) is 24.6 Å². The third-order valence-corrected chi connectivity index (χ3v) is 3.17. The van der Waals surface area contributed by atoms with Crippen LogP contribution in [-0.2, 0) is 6.42 Å². The molecule has 1 aromatic heterocycles. The molecule has 2 heterocycles. The van der Waals surface area contributed by atoms with Gasteiger partial charge in [0, 0.05) is 13.6 Å². The van der Waals surface area contributed by atoms with Gasteiger partial charge in [0.1, 0.15) is 0 Å². The molecule has 8 heteroatoms. The summed E-state index contributed by atoms with van der Waals surface area (Å²) >= 11 is 0. The van der Waals surface area contributed by atoms with Crippen molar-refractivity contribution < 1.29 is 9.47 Å². The largest absolute Gasteiger partial charge is 0.454 e. The molecular weight excluding hydrogens is 272 g/mol. The van der Waals surface area contributed by atoms with Crippen molar-refractivity contribution in [2.45, 2.75) is 6.42 Å². The second kappa shape index (κ2) is 5.31. The minimum absolute atomic E-state index is 0.118. The molecule has 0 fully saturated rings. The van der Waals surface area contributed by atoms with Crippen molar-refractivity contribution in [2.24, 2.45) is 0 Å². The zero-order valence-corrected chi connectivity index (χ0v) is 11.6. The molecule has 0 atom stereocenters. The lowest BCUT2D eigenvalue weighted by Gasteiger charge is -2.17. The van der Waals surface area contributed by atoms with Gasteiger partial charge in [-0.1, -0.05) is 6.07 Å². The summed E-state index contributed by atoms with van der Waals surface area (Å²) in [6.45, 7) is 0.991. The van der Waals surface area contributed by atoms with E-state index in [1.54, 1.807) is 0 Å². The average Bonchev–Trinajstić information content (AvgIpc) is 2.91. The van der Waals surface area contributed by atoms with E-state index < -0.39 is 0 Å². The summed E-state index contributed by atoms with van der Waals surface area (Å²) in [5.74, 6) is 2.26. The number of likely N-dealkylation sites (N-methyl/N-ethyl adjacent to an activating group) is 1. The zero-order chi connectivity index (χ0) is 14.8. The standard InChI is InChI=1S/C13H16N6O2/c1-19(13-17-11(14)16-12(15)18-13)5-4-8-2-3-9-10(6-8)21-7-20-9/h2-3,6H,4-5,7H2,1H3,(H4,14,15,16,17,18). The molecule has 0 aliphatic carbocycles.